The molecule has 0 amide bonds. The fourth-order valence-electron chi connectivity index (χ4n) is 1.25. The van der Waals surface area contributed by atoms with Gasteiger partial charge in [0, 0.05) is 12.2 Å². The van der Waals surface area contributed by atoms with Crippen LogP contribution < -0.4 is 5.32 Å². The molecule has 0 saturated carbocycles. The molecule has 1 radical (unpaired) electrons. The standard InChI is InChI=1S/C8H8NS/c10-8-5-9-7-4-2-1-3-6(7)8/h1-4,8-9H,5H2. The molecule has 1 atom stereocenters. The van der Waals surface area contributed by atoms with Gasteiger partial charge in [0.1, 0.15) is 0 Å². The van der Waals surface area contributed by atoms with E-state index in [9.17, 15) is 0 Å². The molecule has 51 valence electrons. The van der Waals surface area contributed by atoms with Crippen LogP contribution in [-0.4, -0.2) is 6.54 Å². The van der Waals surface area contributed by atoms with Gasteiger partial charge >= 0.3 is 0 Å². The van der Waals surface area contributed by atoms with E-state index in [1.807, 2.05) is 12.1 Å². The topological polar surface area (TPSA) is 12.0 Å². The van der Waals surface area contributed by atoms with E-state index in [-0.39, 0.29) is 5.25 Å². The van der Waals surface area contributed by atoms with Gasteiger partial charge < -0.3 is 5.32 Å². The van der Waals surface area contributed by atoms with Crippen LogP contribution in [0, 0.1) is 0 Å². The van der Waals surface area contributed by atoms with Gasteiger partial charge in [-0.2, -0.15) is 0 Å². The van der Waals surface area contributed by atoms with Crippen LogP contribution in [0.2, 0.25) is 0 Å². The Morgan fingerprint density at radius 3 is 3.00 bits per heavy atom. The van der Waals surface area contributed by atoms with E-state index in [4.69, 9.17) is 12.6 Å². The Hall–Kier alpha value is -0.630. The van der Waals surface area contributed by atoms with Crippen LogP contribution in [0.1, 0.15) is 10.8 Å². The third kappa shape index (κ3) is 0.797. The van der Waals surface area contributed by atoms with Gasteiger partial charge in [-0.15, -0.1) is 0 Å². The summed E-state index contributed by atoms with van der Waals surface area (Å²) in [6.07, 6.45) is 0. The number of hydrogen-bond acceptors (Lipinski definition) is 1. The second kappa shape index (κ2) is 2.20. The molecule has 0 bridgehead atoms. The van der Waals surface area contributed by atoms with E-state index in [1.54, 1.807) is 0 Å². The Morgan fingerprint density at radius 2 is 2.20 bits per heavy atom. The van der Waals surface area contributed by atoms with Crippen LogP contribution in [0.25, 0.3) is 0 Å². The summed E-state index contributed by atoms with van der Waals surface area (Å²) >= 11 is 5.19. The van der Waals surface area contributed by atoms with Crippen molar-refractivity contribution in [2.24, 2.45) is 0 Å². The average molecular weight is 150 g/mol. The van der Waals surface area contributed by atoms with Gasteiger partial charge in [0.2, 0.25) is 0 Å². The number of fused-ring (bicyclic) bond motifs is 1. The molecule has 1 nitrogen and oxygen atoms in total. The summed E-state index contributed by atoms with van der Waals surface area (Å²) in [5.41, 5.74) is 2.49. The largest absolute Gasteiger partial charge is 0.383 e. The molecule has 0 aromatic heterocycles. The smallest absolute Gasteiger partial charge is 0.0594 e. The number of rotatable bonds is 0. The van der Waals surface area contributed by atoms with E-state index >= 15 is 0 Å². The van der Waals surface area contributed by atoms with Crippen LogP contribution in [0.4, 0.5) is 5.69 Å². The maximum Gasteiger partial charge on any atom is 0.0594 e. The molecule has 1 aromatic carbocycles. The van der Waals surface area contributed by atoms with Crippen molar-refractivity contribution in [2.45, 2.75) is 5.25 Å². The van der Waals surface area contributed by atoms with Crippen molar-refractivity contribution in [2.75, 3.05) is 11.9 Å². The lowest BCUT2D eigenvalue weighted by Gasteiger charge is -1.97. The summed E-state index contributed by atoms with van der Waals surface area (Å²) in [7, 11) is 0. The lowest BCUT2D eigenvalue weighted by molar-refractivity contribution is 1.08. The van der Waals surface area contributed by atoms with Gasteiger partial charge in [0.05, 0.1) is 5.25 Å². The average Bonchev–Trinajstić information content (AvgIpc) is 2.34. The van der Waals surface area contributed by atoms with Crippen molar-refractivity contribution in [3.05, 3.63) is 29.8 Å². The summed E-state index contributed by atoms with van der Waals surface area (Å²) in [6.45, 7) is 0.911. The highest BCUT2D eigenvalue weighted by atomic mass is 32.1. The first kappa shape index (κ1) is 6.10. The highest BCUT2D eigenvalue weighted by Crippen LogP contribution is 2.32. The quantitative estimate of drug-likeness (QED) is 0.598. The predicted molar refractivity (Wildman–Crippen MR) is 45.3 cm³/mol. The zero-order chi connectivity index (χ0) is 6.97. The summed E-state index contributed by atoms with van der Waals surface area (Å²) in [5, 5.41) is 3.52. The molecule has 1 heterocycles. The SMILES string of the molecule is [S]C1CNc2ccccc21. The van der Waals surface area contributed by atoms with Crippen molar-refractivity contribution in [3.8, 4) is 0 Å². The number of benzene rings is 1. The fourth-order valence-corrected chi connectivity index (χ4v) is 1.54. The minimum absolute atomic E-state index is 0.274. The molecule has 2 heteroatoms. The molecule has 0 fully saturated rings. The number of para-hydroxylation sites is 1. The van der Waals surface area contributed by atoms with Crippen LogP contribution in [0.5, 0.6) is 0 Å². The zero-order valence-corrected chi connectivity index (χ0v) is 6.32. The highest BCUT2D eigenvalue weighted by Gasteiger charge is 2.17. The Morgan fingerprint density at radius 1 is 1.40 bits per heavy atom. The number of hydrogen-bond donors (Lipinski definition) is 1. The summed E-state index contributed by atoms with van der Waals surface area (Å²) in [6, 6.07) is 8.22. The van der Waals surface area contributed by atoms with Gasteiger partial charge in [0.15, 0.2) is 0 Å². The molecular weight excluding hydrogens is 142 g/mol. The van der Waals surface area contributed by atoms with Crippen molar-refractivity contribution in [1.82, 2.24) is 0 Å². The molecule has 0 aliphatic carbocycles. The van der Waals surface area contributed by atoms with E-state index in [0.29, 0.717) is 0 Å². The maximum atomic E-state index is 5.19. The Bertz CT molecular complexity index is 247. The molecule has 1 aromatic rings. The van der Waals surface area contributed by atoms with Gasteiger partial charge in [0.25, 0.3) is 0 Å². The minimum atomic E-state index is 0.274. The van der Waals surface area contributed by atoms with Gasteiger partial charge in [-0.3, -0.25) is 0 Å². The van der Waals surface area contributed by atoms with E-state index in [0.717, 1.165) is 6.54 Å². The van der Waals surface area contributed by atoms with Gasteiger partial charge in [-0.25, -0.2) is 0 Å². The second-order valence-corrected chi connectivity index (χ2v) is 3.03. The third-order valence-corrected chi connectivity index (χ3v) is 2.21. The minimum Gasteiger partial charge on any atom is -0.383 e. The normalized spacial score (nSPS) is 21.9. The second-order valence-electron chi connectivity index (χ2n) is 2.46. The number of nitrogens with one attached hydrogen (secondary N) is 1. The monoisotopic (exact) mass is 150 g/mol. The van der Waals surface area contributed by atoms with Gasteiger partial charge in [-0.1, -0.05) is 30.8 Å². The van der Waals surface area contributed by atoms with Crippen LogP contribution >= 0.6 is 12.6 Å². The van der Waals surface area contributed by atoms with Crippen molar-refractivity contribution < 1.29 is 0 Å². The molecule has 10 heavy (non-hydrogen) atoms. The molecule has 1 unspecified atom stereocenters. The molecule has 2 rings (SSSR count). The van der Waals surface area contributed by atoms with E-state index < -0.39 is 0 Å². The van der Waals surface area contributed by atoms with Crippen LogP contribution in [-0.2, 0) is 0 Å². The van der Waals surface area contributed by atoms with Crippen molar-refractivity contribution in [1.29, 1.82) is 0 Å². The Kier molecular flexibility index (Phi) is 1.34. The van der Waals surface area contributed by atoms with Gasteiger partial charge in [-0.05, 0) is 11.6 Å². The predicted octanol–water partition coefficient (Wildman–Crippen LogP) is 2.35. The van der Waals surface area contributed by atoms with Crippen LogP contribution in [0.15, 0.2) is 24.3 Å². The Balaban J connectivity index is 2.51. The van der Waals surface area contributed by atoms with Crippen LogP contribution in [0.3, 0.4) is 0 Å². The maximum absolute atomic E-state index is 5.19. The molecule has 1 aliphatic rings. The first-order chi connectivity index (χ1) is 4.88. The summed E-state index contributed by atoms with van der Waals surface area (Å²) in [4.78, 5) is 0. The lowest BCUT2D eigenvalue weighted by Crippen LogP contribution is -1.93. The third-order valence-electron chi connectivity index (χ3n) is 1.79. The summed E-state index contributed by atoms with van der Waals surface area (Å²) < 4.78 is 0. The molecular formula is C8H8NS. The van der Waals surface area contributed by atoms with E-state index in [1.165, 1.54) is 11.3 Å². The first-order valence-corrected chi connectivity index (χ1v) is 3.83. The number of anilines is 1. The lowest BCUT2D eigenvalue weighted by atomic mass is 10.2. The van der Waals surface area contributed by atoms with Crippen molar-refractivity contribution in [3.63, 3.8) is 0 Å². The molecule has 1 N–H and O–H groups in total. The molecule has 0 saturated heterocycles. The first-order valence-electron chi connectivity index (χ1n) is 3.36. The van der Waals surface area contributed by atoms with E-state index in [2.05, 4.69) is 17.4 Å². The fraction of sp³-hybridized carbons (Fsp3) is 0.250. The van der Waals surface area contributed by atoms with Crippen molar-refractivity contribution >= 4 is 18.3 Å². The summed E-state index contributed by atoms with van der Waals surface area (Å²) in [5.74, 6) is 0. The highest BCUT2D eigenvalue weighted by molar-refractivity contribution is 7.80. The zero-order valence-electron chi connectivity index (χ0n) is 5.50. The molecule has 1 aliphatic heterocycles. The molecule has 0 spiro atoms. The Labute approximate surface area is 65.9 Å².